The van der Waals surface area contributed by atoms with E-state index in [2.05, 4.69) is 0 Å². The zero-order chi connectivity index (χ0) is 21.3. The van der Waals surface area contributed by atoms with Crippen LogP contribution < -0.4 is 14.2 Å². The minimum absolute atomic E-state index is 0.0485. The van der Waals surface area contributed by atoms with Crippen LogP contribution >= 0.6 is 0 Å². The van der Waals surface area contributed by atoms with E-state index in [-0.39, 0.29) is 5.91 Å². The van der Waals surface area contributed by atoms with Crippen LogP contribution in [0.15, 0.2) is 72.8 Å². The van der Waals surface area contributed by atoms with Crippen LogP contribution in [0.5, 0.6) is 17.2 Å². The van der Waals surface area contributed by atoms with Gasteiger partial charge >= 0.3 is 0 Å². The number of carbonyl (C=O) groups excluding carboxylic acids is 1. The van der Waals surface area contributed by atoms with Gasteiger partial charge in [-0.3, -0.25) is 4.79 Å². The maximum atomic E-state index is 12.9. The zero-order valence-corrected chi connectivity index (χ0v) is 17.6. The van der Waals surface area contributed by atoms with Gasteiger partial charge in [-0.15, -0.1) is 0 Å². The molecule has 0 aromatic heterocycles. The Kier molecular flexibility index (Phi) is 7.33. The predicted octanol–water partition coefficient (Wildman–Crippen LogP) is 4.95. The molecule has 0 radical (unpaired) electrons. The molecule has 0 saturated carbocycles. The SMILES string of the molecule is CCOc1ccc(C(=O)N(C)Cc2ccccc2)cc1COc1ccc(OC)cc1. The maximum absolute atomic E-state index is 12.9. The van der Waals surface area contributed by atoms with Crippen molar-refractivity contribution in [1.82, 2.24) is 4.90 Å². The summed E-state index contributed by atoms with van der Waals surface area (Å²) in [4.78, 5) is 14.7. The van der Waals surface area contributed by atoms with Crippen molar-refractivity contribution in [3.63, 3.8) is 0 Å². The maximum Gasteiger partial charge on any atom is 0.253 e. The van der Waals surface area contributed by atoms with Gasteiger partial charge in [0.15, 0.2) is 0 Å². The van der Waals surface area contributed by atoms with Crippen LogP contribution in [0.25, 0.3) is 0 Å². The molecule has 0 fully saturated rings. The molecule has 0 saturated heterocycles. The second-order valence-corrected chi connectivity index (χ2v) is 6.87. The molecule has 5 nitrogen and oxygen atoms in total. The fourth-order valence-corrected chi connectivity index (χ4v) is 3.10. The monoisotopic (exact) mass is 405 g/mol. The largest absolute Gasteiger partial charge is 0.497 e. The van der Waals surface area contributed by atoms with Crippen molar-refractivity contribution in [1.29, 1.82) is 0 Å². The summed E-state index contributed by atoms with van der Waals surface area (Å²) in [5.74, 6) is 2.16. The molecule has 1 amide bonds. The quantitative estimate of drug-likeness (QED) is 0.506. The average Bonchev–Trinajstić information content (AvgIpc) is 2.79. The molecular formula is C25H27NO4. The van der Waals surface area contributed by atoms with Crippen molar-refractivity contribution < 1.29 is 19.0 Å². The van der Waals surface area contributed by atoms with Gasteiger partial charge in [0.1, 0.15) is 23.9 Å². The normalized spacial score (nSPS) is 10.4. The van der Waals surface area contributed by atoms with Gasteiger partial charge in [-0.1, -0.05) is 30.3 Å². The van der Waals surface area contributed by atoms with E-state index >= 15 is 0 Å². The highest BCUT2D eigenvalue weighted by molar-refractivity contribution is 5.94. The second-order valence-electron chi connectivity index (χ2n) is 6.87. The molecule has 0 N–H and O–H groups in total. The Balaban J connectivity index is 1.74. The first-order chi connectivity index (χ1) is 14.6. The minimum atomic E-state index is -0.0485. The van der Waals surface area contributed by atoms with Gasteiger partial charge in [-0.25, -0.2) is 0 Å². The number of hydrogen-bond acceptors (Lipinski definition) is 4. The molecule has 0 heterocycles. The van der Waals surface area contributed by atoms with Crippen LogP contribution in [-0.2, 0) is 13.2 Å². The summed E-state index contributed by atoms with van der Waals surface area (Å²) in [6.07, 6.45) is 0. The Hall–Kier alpha value is -3.47. The van der Waals surface area contributed by atoms with E-state index in [1.807, 2.05) is 73.7 Å². The topological polar surface area (TPSA) is 48.0 Å². The number of nitrogens with zero attached hydrogens (tertiary/aromatic N) is 1. The fraction of sp³-hybridized carbons (Fsp3) is 0.240. The Morgan fingerprint density at radius 1 is 0.900 bits per heavy atom. The number of benzene rings is 3. The van der Waals surface area contributed by atoms with Gasteiger partial charge < -0.3 is 19.1 Å². The molecular weight excluding hydrogens is 378 g/mol. The average molecular weight is 405 g/mol. The summed E-state index contributed by atoms with van der Waals surface area (Å²) < 4.78 is 16.8. The highest BCUT2D eigenvalue weighted by atomic mass is 16.5. The number of rotatable bonds is 9. The lowest BCUT2D eigenvalue weighted by atomic mass is 10.1. The molecule has 0 unspecified atom stereocenters. The third-order valence-electron chi connectivity index (χ3n) is 4.67. The summed E-state index contributed by atoms with van der Waals surface area (Å²) in [7, 11) is 3.43. The molecule has 3 aromatic carbocycles. The smallest absolute Gasteiger partial charge is 0.253 e. The first kappa shape index (κ1) is 21.2. The van der Waals surface area contributed by atoms with Crippen LogP contribution in [0.3, 0.4) is 0 Å². The molecule has 0 aliphatic carbocycles. The molecule has 0 aliphatic heterocycles. The Morgan fingerprint density at radius 3 is 2.27 bits per heavy atom. The van der Waals surface area contributed by atoms with E-state index in [1.54, 1.807) is 25.1 Å². The molecule has 0 bridgehead atoms. The van der Waals surface area contributed by atoms with E-state index in [4.69, 9.17) is 14.2 Å². The van der Waals surface area contributed by atoms with Crippen LogP contribution in [0, 0.1) is 0 Å². The van der Waals surface area contributed by atoms with Crippen molar-refractivity contribution in [3.05, 3.63) is 89.5 Å². The predicted molar refractivity (Wildman–Crippen MR) is 117 cm³/mol. The first-order valence-electron chi connectivity index (χ1n) is 9.92. The molecule has 30 heavy (non-hydrogen) atoms. The minimum Gasteiger partial charge on any atom is -0.497 e. The van der Waals surface area contributed by atoms with Crippen molar-refractivity contribution >= 4 is 5.91 Å². The van der Waals surface area contributed by atoms with E-state index in [0.29, 0.717) is 31.1 Å². The number of carbonyl (C=O) groups is 1. The van der Waals surface area contributed by atoms with Crippen LogP contribution in [0.2, 0.25) is 0 Å². The van der Waals surface area contributed by atoms with Crippen molar-refractivity contribution in [3.8, 4) is 17.2 Å². The van der Waals surface area contributed by atoms with E-state index < -0.39 is 0 Å². The van der Waals surface area contributed by atoms with Crippen LogP contribution in [0.4, 0.5) is 0 Å². The molecule has 0 aliphatic rings. The number of amides is 1. The highest BCUT2D eigenvalue weighted by Gasteiger charge is 2.15. The Morgan fingerprint density at radius 2 is 1.60 bits per heavy atom. The Labute approximate surface area is 177 Å². The summed E-state index contributed by atoms with van der Waals surface area (Å²) in [6.45, 7) is 3.31. The first-order valence-corrected chi connectivity index (χ1v) is 9.92. The summed E-state index contributed by atoms with van der Waals surface area (Å²) in [5, 5.41) is 0. The van der Waals surface area contributed by atoms with Gasteiger partial charge in [0, 0.05) is 24.7 Å². The number of ether oxygens (including phenoxy) is 3. The fourth-order valence-electron chi connectivity index (χ4n) is 3.10. The summed E-state index contributed by atoms with van der Waals surface area (Å²) in [6, 6.07) is 22.8. The van der Waals surface area contributed by atoms with Gasteiger partial charge in [0.25, 0.3) is 5.91 Å². The molecule has 156 valence electrons. The van der Waals surface area contributed by atoms with E-state index in [9.17, 15) is 4.79 Å². The molecule has 0 spiro atoms. The van der Waals surface area contributed by atoms with Crippen molar-refractivity contribution in [2.75, 3.05) is 20.8 Å². The van der Waals surface area contributed by atoms with Gasteiger partial charge in [0.05, 0.1) is 13.7 Å². The lowest BCUT2D eigenvalue weighted by Gasteiger charge is -2.19. The second kappa shape index (κ2) is 10.3. The van der Waals surface area contributed by atoms with Crippen LogP contribution in [0.1, 0.15) is 28.4 Å². The third kappa shape index (κ3) is 5.54. The number of hydrogen-bond donors (Lipinski definition) is 0. The zero-order valence-electron chi connectivity index (χ0n) is 17.6. The van der Waals surface area contributed by atoms with Gasteiger partial charge in [-0.05, 0) is 55.0 Å². The molecule has 3 rings (SSSR count). The standard InChI is InChI=1S/C25H27NO4/c1-4-29-24-15-10-20(25(27)26(2)17-19-8-6-5-7-9-19)16-21(24)18-30-23-13-11-22(28-3)12-14-23/h5-16H,4,17-18H2,1-3H3. The third-order valence-corrected chi connectivity index (χ3v) is 4.67. The van der Waals surface area contributed by atoms with Crippen LogP contribution in [-0.4, -0.2) is 31.6 Å². The number of methoxy groups -OCH3 is 1. The lowest BCUT2D eigenvalue weighted by molar-refractivity contribution is 0.0785. The van der Waals surface area contributed by atoms with E-state index in [1.165, 1.54) is 0 Å². The van der Waals surface area contributed by atoms with Gasteiger partial charge in [0.2, 0.25) is 0 Å². The van der Waals surface area contributed by atoms with Gasteiger partial charge in [-0.2, -0.15) is 0 Å². The summed E-state index contributed by atoms with van der Waals surface area (Å²) >= 11 is 0. The molecule has 3 aromatic rings. The molecule has 0 atom stereocenters. The van der Waals surface area contributed by atoms with Crippen molar-refractivity contribution in [2.24, 2.45) is 0 Å². The summed E-state index contributed by atoms with van der Waals surface area (Å²) in [5.41, 5.74) is 2.51. The highest BCUT2D eigenvalue weighted by Crippen LogP contribution is 2.24. The van der Waals surface area contributed by atoms with Crippen molar-refractivity contribution in [2.45, 2.75) is 20.1 Å². The molecule has 5 heteroatoms. The lowest BCUT2D eigenvalue weighted by Crippen LogP contribution is -2.26. The Bertz CT molecular complexity index is 955. The van der Waals surface area contributed by atoms with E-state index in [0.717, 1.165) is 22.6 Å².